The smallest absolute Gasteiger partial charge is 0.331 e. The zero-order valence-electron chi connectivity index (χ0n) is 13.2. The number of hydrogen-bond acceptors (Lipinski definition) is 5. The molecule has 2 aromatic rings. The molecule has 0 aliphatic rings. The fourth-order valence-electron chi connectivity index (χ4n) is 1.91. The van der Waals surface area contributed by atoms with Gasteiger partial charge in [0, 0.05) is 6.08 Å². The highest BCUT2D eigenvalue weighted by Crippen LogP contribution is 2.26. The van der Waals surface area contributed by atoms with Gasteiger partial charge in [0.15, 0.2) is 11.5 Å². The third-order valence-electron chi connectivity index (χ3n) is 3.14. The second-order valence-electron chi connectivity index (χ2n) is 4.89. The molecule has 5 nitrogen and oxygen atoms in total. The number of esters is 1. The number of ether oxygens (including phenoxy) is 2. The van der Waals surface area contributed by atoms with Crippen LogP contribution in [0.25, 0.3) is 12.2 Å². The minimum absolute atomic E-state index is 0.0385. The van der Waals surface area contributed by atoms with Crippen molar-refractivity contribution in [2.75, 3.05) is 13.7 Å². The Morgan fingerprint density at radius 1 is 1.04 bits per heavy atom. The summed E-state index contributed by atoms with van der Waals surface area (Å²) in [5, 5.41) is 18.7. The Bertz CT molecular complexity index is 745. The maximum Gasteiger partial charge on any atom is 0.331 e. The number of carbonyl (C=O) groups is 1. The summed E-state index contributed by atoms with van der Waals surface area (Å²) in [5.41, 5.74) is 1.61. The molecule has 0 saturated heterocycles. The van der Waals surface area contributed by atoms with E-state index < -0.39 is 5.97 Å². The SMILES string of the molecule is COc1cc(C=CC(=O)OC/C=C/c2ccc(O)cc2)ccc1O. The van der Waals surface area contributed by atoms with Crippen molar-refractivity contribution in [1.82, 2.24) is 0 Å². The van der Waals surface area contributed by atoms with Crippen LogP contribution in [0.1, 0.15) is 11.1 Å². The van der Waals surface area contributed by atoms with Gasteiger partial charge in [-0.2, -0.15) is 0 Å². The summed E-state index contributed by atoms with van der Waals surface area (Å²) in [5.74, 6) is 0.103. The Morgan fingerprint density at radius 2 is 1.75 bits per heavy atom. The van der Waals surface area contributed by atoms with Crippen LogP contribution in [0.4, 0.5) is 0 Å². The van der Waals surface area contributed by atoms with Gasteiger partial charge in [-0.25, -0.2) is 4.79 Å². The van der Waals surface area contributed by atoms with Crippen molar-refractivity contribution in [3.8, 4) is 17.2 Å². The first-order valence-corrected chi connectivity index (χ1v) is 7.26. The normalized spacial score (nSPS) is 11.0. The number of aromatic hydroxyl groups is 2. The van der Waals surface area contributed by atoms with E-state index in [1.165, 1.54) is 19.3 Å². The van der Waals surface area contributed by atoms with Gasteiger partial charge in [0.25, 0.3) is 0 Å². The number of hydrogen-bond donors (Lipinski definition) is 2. The Labute approximate surface area is 140 Å². The third-order valence-corrected chi connectivity index (χ3v) is 3.14. The first-order chi connectivity index (χ1) is 11.6. The lowest BCUT2D eigenvalue weighted by Gasteiger charge is -2.03. The monoisotopic (exact) mass is 326 g/mol. The minimum atomic E-state index is -0.475. The molecule has 0 unspecified atom stereocenters. The standard InChI is InChI=1S/C19H18O5/c1-23-18-13-15(6-10-17(18)21)7-11-19(22)24-12-2-3-14-4-8-16(20)9-5-14/h2-11,13,20-21H,12H2,1H3/b3-2+,11-7?. The summed E-state index contributed by atoms with van der Waals surface area (Å²) < 4.78 is 10.0. The van der Waals surface area contributed by atoms with Crippen LogP contribution < -0.4 is 4.74 Å². The summed E-state index contributed by atoms with van der Waals surface area (Å²) in [6, 6.07) is 11.4. The minimum Gasteiger partial charge on any atom is -0.508 e. The van der Waals surface area contributed by atoms with Crippen LogP contribution in [-0.2, 0) is 9.53 Å². The Balaban J connectivity index is 1.83. The number of phenolic OH excluding ortho intramolecular Hbond substituents is 2. The van der Waals surface area contributed by atoms with Crippen molar-refractivity contribution in [2.24, 2.45) is 0 Å². The van der Waals surface area contributed by atoms with Gasteiger partial charge in [-0.05, 0) is 47.5 Å². The summed E-state index contributed by atoms with van der Waals surface area (Å²) >= 11 is 0. The molecule has 0 aliphatic carbocycles. The molecule has 24 heavy (non-hydrogen) atoms. The van der Waals surface area contributed by atoms with Crippen LogP contribution in [0.15, 0.2) is 54.6 Å². The molecule has 2 N–H and O–H groups in total. The summed E-state index contributed by atoms with van der Waals surface area (Å²) in [4.78, 5) is 11.6. The van der Waals surface area contributed by atoms with E-state index in [9.17, 15) is 15.0 Å². The molecule has 0 bridgehead atoms. The first-order valence-electron chi connectivity index (χ1n) is 7.26. The zero-order valence-corrected chi connectivity index (χ0v) is 13.2. The van der Waals surface area contributed by atoms with Crippen LogP contribution in [0.5, 0.6) is 17.2 Å². The van der Waals surface area contributed by atoms with Gasteiger partial charge in [-0.3, -0.25) is 0 Å². The van der Waals surface area contributed by atoms with E-state index in [4.69, 9.17) is 9.47 Å². The zero-order chi connectivity index (χ0) is 17.4. The molecule has 0 aliphatic heterocycles. The third kappa shape index (κ3) is 5.21. The summed E-state index contributed by atoms with van der Waals surface area (Å²) in [6.07, 6.45) is 6.39. The van der Waals surface area contributed by atoms with E-state index in [2.05, 4.69) is 0 Å². The molecule has 2 rings (SSSR count). The van der Waals surface area contributed by atoms with E-state index in [1.54, 1.807) is 54.6 Å². The average Bonchev–Trinajstić information content (AvgIpc) is 2.59. The quantitative estimate of drug-likeness (QED) is 0.629. The van der Waals surface area contributed by atoms with Crippen LogP contribution in [-0.4, -0.2) is 29.9 Å². The molecule has 0 aromatic heterocycles. The maximum absolute atomic E-state index is 11.6. The molecule has 124 valence electrons. The largest absolute Gasteiger partial charge is 0.508 e. The Kier molecular flexibility index (Phi) is 6.02. The van der Waals surface area contributed by atoms with E-state index in [1.807, 2.05) is 0 Å². The molecule has 2 aromatic carbocycles. The van der Waals surface area contributed by atoms with Gasteiger partial charge in [-0.1, -0.05) is 24.3 Å². The van der Waals surface area contributed by atoms with Crippen molar-refractivity contribution in [3.63, 3.8) is 0 Å². The topological polar surface area (TPSA) is 76.0 Å². The number of methoxy groups -OCH3 is 1. The number of rotatable bonds is 6. The second-order valence-corrected chi connectivity index (χ2v) is 4.89. The average molecular weight is 326 g/mol. The first kappa shape index (κ1) is 17.1. The predicted octanol–water partition coefficient (Wildman–Crippen LogP) is 3.38. The molecule has 0 radical (unpaired) electrons. The van der Waals surface area contributed by atoms with Gasteiger partial charge in [0.1, 0.15) is 12.4 Å². The fourth-order valence-corrected chi connectivity index (χ4v) is 1.91. The second kappa shape index (κ2) is 8.43. The molecule has 0 amide bonds. The van der Waals surface area contributed by atoms with Gasteiger partial charge in [0.2, 0.25) is 0 Å². The summed E-state index contributed by atoms with van der Waals surface area (Å²) in [7, 11) is 1.46. The molecule has 0 saturated carbocycles. The van der Waals surface area contributed by atoms with E-state index in [0.29, 0.717) is 11.3 Å². The van der Waals surface area contributed by atoms with Gasteiger partial charge in [0.05, 0.1) is 7.11 Å². The summed E-state index contributed by atoms with van der Waals surface area (Å²) in [6.45, 7) is 0.142. The van der Waals surface area contributed by atoms with Crippen LogP contribution >= 0.6 is 0 Å². The van der Waals surface area contributed by atoms with Crippen molar-refractivity contribution < 1.29 is 24.5 Å². The highest BCUT2D eigenvalue weighted by Gasteiger charge is 2.01. The van der Waals surface area contributed by atoms with Crippen molar-refractivity contribution >= 4 is 18.1 Å². The molecule has 0 atom stereocenters. The number of phenols is 2. The lowest BCUT2D eigenvalue weighted by atomic mass is 10.2. The maximum atomic E-state index is 11.6. The molecule has 5 heteroatoms. The van der Waals surface area contributed by atoms with Crippen molar-refractivity contribution in [3.05, 3.63) is 65.7 Å². The molecular formula is C19H18O5. The highest BCUT2D eigenvalue weighted by molar-refractivity contribution is 5.87. The van der Waals surface area contributed by atoms with E-state index >= 15 is 0 Å². The van der Waals surface area contributed by atoms with Crippen LogP contribution in [0, 0.1) is 0 Å². The van der Waals surface area contributed by atoms with Crippen molar-refractivity contribution in [2.45, 2.75) is 0 Å². The van der Waals surface area contributed by atoms with Gasteiger partial charge in [-0.15, -0.1) is 0 Å². The molecule has 0 heterocycles. The van der Waals surface area contributed by atoms with E-state index in [-0.39, 0.29) is 18.1 Å². The van der Waals surface area contributed by atoms with Crippen LogP contribution in [0.3, 0.4) is 0 Å². The highest BCUT2D eigenvalue weighted by atomic mass is 16.5. The number of carbonyl (C=O) groups excluding carboxylic acids is 1. The molecule has 0 fully saturated rings. The predicted molar refractivity (Wildman–Crippen MR) is 91.8 cm³/mol. The van der Waals surface area contributed by atoms with Gasteiger partial charge < -0.3 is 19.7 Å². The van der Waals surface area contributed by atoms with Crippen molar-refractivity contribution in [1.29, 1.82) is 0 Å². The van der Waals surface area contributed by atoms with Gasteiger partial charge >= 0.3 is 5.97 Å². The number of benzene rings is 2. The Morgan fingerprint density at radius 3 is 2.46 bits per heavy atom. The van der Waals surface area contributed by atoms with E-state index in [0.717, 1.165) is 5.56 Å². The Hall–Kier alpha value is -3.21. The molecule has 0 spiro atoms. The van der Waals surface area contributed by atoms with Crippen LogP contribution in [0.2, 0.25) is 0 Å². The molecular weight excluding hydrogens is 308 g/mol. The lowest BCUT2D eigenvalue weighted by Crippen LogP contribution is -1.99. The fraction of sp³-hybridized carbons (Fsp3) is 0.105. The lowest BCUT2D eigenvalue weighted by molar-refractivity contribution is -0.136.